The van der Waals surface area contributed by atoms with Crippen molar-refractivity contribution in [3.8, 4) is 0 Å². The van der Waals surface area contributed by atoms with E-state index in [2.05, 4.69) is 10.1 Å². The van der Waals surface area contributed by atoms with Gasteiger partial charge in [-0.05, 0) is 24.5 Å². The third-order valence-corrected chi connectivity index (χ3v) is 4.32. The zero-order valence-corrected chi connectivity index (χ0v) is 13.6. The van der Waals surface area contributed by atoms with Crippen LogP contribution in [-0.2, 0) is 23.9 Å². The van der Waals surface area contributed by atoms with Crippen LogP contribution in [0.15, 0.2) is 30.6 Å². The van der Waals surface area contributed by atoms with Crippen molar-refractivity contribution >= 4 is 0 Å². The molecule has 1 N–H and O–H groups in total. The second kappa shape index (κ2) is 7.53. The van der Waals surface area contributed by atoms with Gasteiger partial charge in [0.05, 0.1) is 18.2 Å². The Morgan fingerprint density at radius 2 is 1.96 bits per heavy atom. The minimum atomic E-state index is -4.43. The molecule has 3 rings (SSSR count). The molecule has 1 unspecified atom stereocenters. The normalized spacial score (nSPS) is 17.6. The van der Waals surface area contributed by atoms with Crippen molar-refractivity contribution in [1.82, 2.24) is 14.8 Å². The van der Waals surface area contributed by atoms with E-state index >= 15 is 0 Å². The summed E-state index contributed by atoms with van der Waals surface area (Å²) in [6, 6.07) is 5.30. The minimum absolute atomic E-state index is 0.0762. The summed E-state index contributed by atoms with van der Waals surface area (Å²) in [4.78, 5) is 4.26. The lowest BCUT2D eigenvalue weighted by atomic mass is 10.00. The largest absolute Gasteiger partial charge is 0.416 e. The van der Waals surface area contributed by atoms with E-state index in [1.165, 1.54) is 29.2 Å². The molecule has 8 heteroatoms. The number of ether oxygens (including phenoxy) is 1. The molecule has 1 aliphatic heterocycles. The van der Waals surface area contributed by atoms with Gasteiger partial charge in [-0.15, -0.1) is 0 Å². The smallest absolute Gasteiger partial charge is 0.391 e. The van der Waals surface area contributed by atoms with E-state index in [1.54, 1.807) is 0 Å². The molecular weight excluding hydrogens is 335 g/mol. The van der Waals surface area contributed by atoms with E-state index < -0.39 is 17.8 Å². The third-order valence-electron chi connectivity index (χ3n) is 4.32. The van der Waals surface area contributed by atoms with Gasteiger partial charge >= 0.3 is 6.18 Å². The number of aromatic nitrogens is 3. The van der Waals surface area contributed by atoms with Crippen LogP contribution in [0.3, 0.4) is 0 Å². The Hall–Kier alpha value is -1.93. The fraction of sp³-hybridized carbons (Fsp3) is 0.529. The molecule has 1 saturated heterocycles. The lowest BCUT2D eigenvalue weighted by molar-refractivity contribution is -0.138. The number of benzene rings is 1. The van der Waals surface area contributed by atoms with Gasteiger partial charge < -0.3 is 9.84 Å². The van der Waals surface area contributed by atoms with Crippen LogP contribution in [0.5, 0.6) is 0 Å². The molecule has 136 valence electrons. The Morgan fingerprint density at radius 1 is 1.24 bits per heavy atom. The first-order valence-corrected chi connectivity index (χ1v) is 8.23. The van der Waals surface area contributed by atoms with Crippen LogP contribution >= 0.6 is 0 Å². The second-order valence-electron chi connectivity index (χ2n) is 6.22. The Kier molecular flexibility index (Phi) is 5.39. The zero-order valence-electron chi connectivity index (χ0n) is 13.6. The molecular formula is C17H20F3N3O2. The molecule has 2 aromatic rings. The van der Waals surface area contributed by atoms with Gasteiger partial charge in [0, 0.05) is 25.6 Å². The summed E-state index contributed by atoms with van der Waals surface area (Å²) in [5.41, 5.74) is -0.636. The first kappa shape index (κ1) is 17.9. The summed E-state index contributed by atoms with van der Waals surface area (Å²) in [5, 5.41) is 14.5. The second-order valence-corrected chi connectivity index (χ2v) is 6.22. The summed E-state index contributed by atoms with van der Waals surface area (Å²) >= 11 is 0. The van der Waals surface area contributed by atoms with Crippen molar-refractivity contribution < 1.29 is 23.0 Å². The van der Waals surface area contributed by atoms with Gasteiger partial charge in [0.15, 0.2) is 5.82 Å². The van der Waals surface area contributed by atoms with E-state index in [4.69, 9.17) is 4.74 Å². The molecule has 1 atom stereocenters. The summed E-state index contributed by atoms with van der Waals surface area (Å²) in [6.07, 6.45) is -2.28. The molecule has 5 nitrogen and oxygen atoms in total. The summed E-state index contributed by atoms with van der Waals surface area (Å²) in [6.45, 7) is 1.45. The molecule has 0 radical (unpaired) electrons. The summed E-state index contributed by atoms with van der Waals surface area (Å²) < 4.78 is 45.8. The van der Waals surface area contributed by atoms with Gasteiger partial charge in [-0.25, -0.2) is 4.98 Å². The lowest BCUT2D eigenvalue weighted by Gasteiger charge is -2.19. The van der Waals surface area contributed by atoms with Gasteiger partial charge in [0.2, 0.25) is 0 Å². The molecule has 0 spiro atoms. The standard InChI is InChI=1S/C17H20F3N3O2/c18-17(19,20)15-4-2-1-3-13(15)9-14(24)10-23-11-21-16(22-23)12-5-7-25-8-6-12/h1-4,11-12,14,24H,5-10H2. The number of aliphatic hydroxyl groups excluding tert-OH is 1. The van der Waals surface area contributed by atoms with Gasteiger partial charge in [0.1, 0.15) is 6.33 Å². The van der Waals surface area contributed by atoms with Crippen molar-refractivity contribution in [3.63, 3.8) is 0 Å². The number of alkyl halides is 3. The number of nitrogens with zero attached hydrogens (tertiary/aromatic N) is 3. The Bertz CT molecular complexity index is 696. The SMILES string of the molecule is OC(Cc1ccccc1C(F)(F)F)Cn1cnc(C2CCOCC2)n1. The van der Waals surface area contributed by atoms with Gasteiger partial charge in [-0.1, -0.05) is 18.2 Å². The monoisotopic (exact) mass is 355 g/mol. The lowest BCUT2D eigenvalue weighted by Crippen LogP contribution is -2.21. The van der Waals surface area contributed by atoms with E-state index in [1.807, 2.05) is 0 Å². The van der Waals surface area contributed by atoms with Crippen LogP contribution in [0, 0.1) is 0 Å². The van der Waals surface area contributed by atoms with Gasteiger partial charge in [0.25, 0.3) is 0 Å². The molecule has 1 fully saturated rings. The van der Waals surface area contributed by atoms with E-state index in [9.17, 15) is 18.3 Å². The first-order chi connectivity index (χ1) is 11.9. The number of halogens is 3. The highest BCUT2D eigenvalue weighted by atomic mass is 19.4. The maximum atomic E-state index is 13.0. The number of hydrogen-bond acceptors (Lipinski definition) is 4. The number of rotatable bonds is 5. The minimum Gasteiger partial charge on any atom is -0.391 e. The van der Waals surface area contributed by atoms with Crippen LogP contribution in [0.2, 0.25) is 0 Å². The van der Waals surface area contributed by atoms with Crippen LogP contribution in [0.4, 0.5) is 13.2 Å². The number of aliphatic hydroxyl groups is 1. The molecule has 0 amide bonds. The topological polar surface area (TPSA) is 60.2 Å². The van der Waals surface area contributed by atoms with E-state index in [-0.39, 0.29) is 24.4 Å². The van der Waals surface area contributed by atoms with Crippen molar-refractivity contribution in [1.29, 1.82) is 0 Å². The Morgan fingerprint density at radius 3 is 2.68 bits per heavy atom. The van der Waals surface area contributed by atoms with Gasteiger partial charge in [-0.2, -0.15) is 18.3 Å². The van der Waals surface area contributed by atoms with E-state index in [0.717, 1.165) is 18.9 Å². The van der Waals surface area contributed by atoms with Crippen LogP contribution in [0.25, 0.3) is 0 Å². The zero-order chi connectivity index (χ0) is 17.9. The van der Waals surface area contributed by atoms with E-state index in [0.29, 0.717) is 19.0 Å². The average molecular weight is 355 g/mol. The highest BCUT2D eigenvalue weighted by Gasteiger charge is 2.33. The summed E-state index contributed by atoms with van der Waals surface area (Å²) in [5.74, 6) is 0.935. The molecule has 25 heavy (non-hydrogen) atoms. The molecule has 2 heterocycles. The van der Waals surface area contributed by atoms with Crippen molar-refractivity contribution in [2.45, 2.75) is 44.0 Å². The first-order valence-electron chi connectivity index (χ1n) is 8.23. The third kappa shape index (κ3) is 4.58. The predicted octanol–water partition coefficient (Wildman–Crippen LogP) is 2.79. The quantitative estimate of drug-likeness (QED) is 0.896. The molecule has 0 aliphatic carbocycles. The highest BCUT2D eigenvalue weighted by molar-refractivity contribution is 5.30. The average Bonchev–Trinajstić information content (AvgIpc) is 3.03. The predicted molar refractivity (Wildman–Crippen MR) is 84.0 cm³/mol. The summed E-state index contributed by atoms with van der Waals surface area (Å²) in [7, 11) is 0. The van der Waals surface area contributed by atoms with Crippen molar-refractivity contribution in [2.75, 3.05) is 13.2 Å². The fourth-order valence-electron chi connectivity index (χ4n) is 3.05. The molecule has 0 saturated carbocycles. The van der Waals surface area contributed by atoms with Crippen molar-refractivity contribution in [3.05, 3.63) is 47.5 Å². The van der Waals surface area contributed by atoms with Crippen molar-refractivity contribution in [2.24, 2.45) is 0 Å². The number of hydrogen-bond donors (Lipinski definition) is 1. The maximum absolute atomic E-state index is 13.0. The van der Waals surface area contributed by atoms with Crippen LogP contribution in [0.1, 0.15) is 35.7 Å². The van der Waals surface area contributed by atoms with Crippen LogP contribution < -0.4 is 0 Å². The Labute approximate surface area is 143 Å². The fourth-order valence-corrected chi connectivity index (χ4v) is 3.05. The molecule has 1 aliphatic rings. The molecule has 0 bridgehead atoms. The van der Waals surface area contributed by atoms with Gasteiger partial charge in [-0.3, -0.25) is 4.68 Å². The maximum Gasteiger partial charge on any atom is 0.416 e. The van der Waals surface area contributed by atoms with Crippen LogP contribution in [-0.4, -0.2) is 39.2 Å². The molecule has 1 aromatic heterocycles. The Balaban J connectivity index is 1.64. The molecule has 1 aromatic carbocycles. The highest BCUT2D eigenvalue weighted by Crippen LogP contribution is 2.32.